The maximum atomic E-state index is 12.9. The van der Waals surface area contributed by atoms with Crippen LogP contribution in [0.25, 0.3) is 0 Å². The first-order chi connectivity index (χ1) is 10.9. The van der Waals surface area contributed by atoms with Gasteiger partial charge < -0.3 is 0 Å². The molecule has 1 fully saturated rings. The second kappa shape index (κ2) is 7.36. The predicted octanol–water partition coefficient (Wildman–Crippen LogP) is 2.80. The van der Waals surface area contributed by atoms with Crippen LogP contribution in [0.2, 0.25) is 0 Å². The van der Waals surface area contributed by atoms with E-state index in [9.17, 15) is 18.0 Å². The van der Waals surface area contributed by atoms with Crippen LogP contribution in [0, 0.1) is 0 Å². The number of ketones is 2. The van der Waals surface area contributed by atoms with Crippen molar-refractivity contribution in [2.75, 3.05) is 6.54 Å². The first-order valence-corrected chi connectivity index (χ1v) is 9.53. The third kappa shape index (κ3) is 3.70. The molecule has 1 aliphatic heterocycles. The topological polar surface area (TPSA) is 71.5 Å². The van der Waals surface area contributed by atoms with Gasteiger partial charge in [-0.1, -0.05) is 32.4 Å². The second-order valence-corrected chi connectivity index (χ2v) is 7.64. The number of benzene rings is 1. The summed E-state index contributed by atoms with van der Waals surface area (Å²) in [5.41, 5.74) is 0.393. The Kier molecular flexibility index (Phi) is 5.70. The number of carbonyl (C=O) groups excluding carboxylic acids is 2. The Hall–Kier alpha value is -1.53. The minimum atomic E-state index is -3.77. The summed E-state index contributed by atoms with van der Waals surface area (Å²) in [5.74, 6) is -0.143. The van der Waals surface area contributed by atoms with Crippen LogP contribution >= 0.6 is 0 Å². The van der Waals surface area contributed by atoms with Gasteiger partial charge in [-0.3, -0.25) is 9.59 Å². The molecule has 1 heterocycles. The van der Waals surface area contributed by atoms with Crippen molar-refractivity contribution >= 4 is 21.6 Å². The van der Waals surface area contributed by atoms with Gasteiger partial charge in [0.05, 0.1) is 10.9 Å². The van der Waals surface area contributed by atoms with Gasteiger partial charge in [-0.15, -0.1) is 0 Å². The number of piperidine rings is 1. The average molecular weight is 337 g/mol. The maximum absolute atomic E-state index is 12.9. The van der Waals surface area contributed by atoms with Crippen LogP contribution in [0.3, 0.4) is 0 Å². The summed E-state index contributed by atoms with van der Waals surface area (Å²) in [4.78, 5) is 24.0. The van der Waals surface area contributed by atoms with E-state index in [1.165, 1.54) is 16.4 Å². The SMILES string of the molecule is CCC(=O)c1cccc(S(=O)(=O)N2CCCCC2C(=O)CC)c1. The molecule has 0 saturated carbocycles. The highest BCUT2D eigenvalue weighted by atomic mass is 32.2. The minimum absolute atomic E-state index is 0.0472. The monoisotopic (exact) mass is 337 g/mol. The summed E-state index contributed by atoms with van der Waals surface area (Å²) in [6, 6.07) is 5.53. The van der Waals surface area contributed by atoms with Crippen LogP contribution in [-0.4, -0.2) is 36.9 Å². The minimum Gasteiger partial charge on any atom is -0.298 e. The Morgan fingerprint density at radius 2 is 1.91 bits per heavy atom. The molecule has 6 heteroatoms. The maximum Gasteiger partial charge on any atom is 0.243 e. The van der Waals surface area contributed by atoms with E-state index in [4.69, 9.17) is 0 Å². The lowest BCUT2D eigenvalue weighted by molar-refractivity contribution is -0.123. The molecule has 23 heavy (non-hydrogen) atoms. The van der Waals surface area contributed by atoms with Crippen LogP contribution in [-0.2, 0) is 14.8 Å². The van der Waals surface area contributed by atoms with Gasteiger partial charge in [-0.25, -0.2) is 8.42 Å². The van der Waals surface area contributed by atoms with Gasteiger partial charge in [-0.2, -0.15) is 4.31 Å². The zero-order chi connectivity index (χ0) is 17.0. The summed E-state index contributed by atoms with van der Waals surface area (Å²) >= 11 is 0. The quantitative estimate of drug-likeness (QED) is 0.748. The molecule has 0 bridgehead atoms. The summed E-state index contributed by atoms with van der Waals surface area (Å²) in [6.07, 6.45) is 2.83. The molecule has 1 aliphatic rings. The fourth-order valence-corrected chi connectivity index (χ4v) is 4.64. The van der Waals surface area contributed by atoms with Crippen molar-refractivity contribution in [1.29, 1.82) is 0 Å². The van der Waals surface area contributed by atoms with Crippen molar-refractivity contribution in [1.82, 2.24) is 4.31 Å². The number of sulfonamides is 1. The molecule has 126 valence electrons. The van der Waals surface area contributed by atoms with Gasteiger partial charge in [0.2, 0.25) is 10.0 Å². The number of Topliss-reactive ketones (excluding diaryl/α,β-unsaturated/α-hetero) is 2. The van der Waals surface area contributed by atoms with E-state index in [0.29, 0.717) is 31.4 Å². The molecular formula is C17H23NO4S. The molecule has 0 aromatic heterocycles. The first kappa shape index (κ1) is 17.8. The van der Waals surface area contributed by atoms with E-state index in [-0.39, 0.29) is 16.5 Å². The average Bonchev–Trinajstić information content (AvgIpc) is 2.60. The summed E-state index contributed by atoms with van der Waals surface area (Å²) in [7, 11) is -3.77. The molecule has 0 aliphatic carbocycles. The standard InChI is InChI=1S/C17H23NO4S/c1-3-16(19)13-8-7-9-14(12-13)23(21,22)18-11-6-5-10-15(18)17(20)4-2/h7-9,12,15H,3-6,10-11H2,1-2H3. The van der Waals surface area contributed by atoms with Gasteiger partial charge in [0, 0.05) is 24.9 Å². The van der Waals surface area contributed by atoms with Crippen molar-refractivity contribution in [2.24, 2.45) is 0 Å². The van der Waals surface area contributed by atoms with Crippen LogP contribution in [0.1, 0.15) is 56.3 Å². The van der Waals surface area contributed by atoms with Gasteiger partial charge in [0.15, 0.2) is 11.6 Å². The Morgan fingerprint density at radius 3 is 2.57 bits per heavy atom. The van der Waals surface area contributed by atoms with Crippen molar-refractivity contribution < 1.29 is 18.0 Å². The Labute approximate surface area is 137 Å². The molecule has 0 spiro atoms. The molecule has 0 N–H and O–H groups in total. The number of hydrogen-bond acceptors (Lipinski definition) is 4. The summed E-state index contributed by atoms with van der Waals surface area (Å²) in [5, 5.41) is 0. The third-order valence-electron chi connectivity index (χ3n) is 4.26. The van der Waals surface area contributed by atoms with Gasteiger partial charge in [0.1, 0.15) is 0 Å². The molecule has 0 radical (unpaired) electrons. The van der Waals surface area contributed by atoms with Crippen LogP contribution in [0.15, 0.2) is 29.2 Å². The van der Waals surface area contributed by atoms with Crippen molar-refractivity contribution in [2.45, 2.75) is 56.9 Å². The van der Waals surface area contributed by atoms with Crippen molar-refractivity contribution in [3.63, 3.8) is 0 Å². The highest BCUT2D eigenvalue weighted by Gasteiger charge is 2.36. The van der Waals surface area contributed by atoms with Gasteiger partial charge in [-0.05, 0) is 25.0 Å². The van der Waals surface area contributed by atoms with E-state index in [2.05, 4.69) is 0 Å². The highest BCUT2D eigenvalue weighted by Crippen LogP contribution is 2.27. The first-order valence-electron chi connectivity index (χ1n) is 8.09. The van der Waals surface area contributed by atoms with Crippen LogP contribution < -0.4 is 0 Å². The Morgan fingerprint density at radius 1 is 1.17 bits per heavy atom. The van der Waals surface area contributed by atoms with Crippen molar-refractivity contribution in [3.8, 4) is 0 Å². The lowest BCUT2D eigenvalue weighted by Crippen LogP contribution is -2.47. The Bertz CT molecular complexity index is 696. The molecule has 5 nitrogen and oxygen atoms in total. The van der Waals surface area contributed by atoms with Crippen molar-refractivity contribution in [3.05, 3.63) is 29.8 Å². The molecular weight excluding hydrogens is 314 g/mol. The smallest absolute Gasteiger partial charge is 0.243 e. The van der Waals surface area contributed by atoms with E-state index >= 15 is 0 Å². The third-order valence-corrected chi connectivity index (χ3v) is 6.16. The lowest BCUT2D eigenvalue weighted by Gasteiger charge is -2.33. The highest BCUT2D eigenvalue weighted by molar-refractivity contribution is 7.89. The molecule has 1 aromatic carbocycles. The van der Waals surface area contributed by atoms with Crippen LogP contribution in [0.4, 0.5) is 0 Å². The molecule has 1 unspecified atom stereocenters. The Balaban J connectivity index is 2.40. The molecule has 1 atom stereocenters. The summed E-state index contributed by atoms with van der Waals surface area (Å²) < 4.78 is 27.2. The number of carbonyl (C=O) groups is 2. The zero-order valence-corrected chi connectivity index (χ0v) is 14.4. The van der Waals surface area contributed by atoms with Gasteiger partial charge >= 0.3 is 0 Å². The van der Waals surface area contributed by atoms with E-state index in [0.717, 1.165) is 12.8 Å². The van der Waals surface area contributed by atoms with Gasteiger partial charge in [0.25, 0.3) is 0 Å². The fraction of sp³-hybridized carbons (Fsp3) is 0.529. The molecule has 2 rings (SSSR count). The second-order valence-electron chi connectivity index (χ2n) is 5.75. The number of nitrogens with zero attached hydrogens (tertiary/aromatic N) is 1. The summed E-state index contributed by atoms with van der Waals surface area (Å²) in [6.45, 7) is 3.84. The molecule has 1 aromatic rings. The lowest BCUT2D eigenvalue weighted by atomic mass is 10.00. The zero-order valence-electron chi connectivity index (χ0n) is 13.6. The largest absolute Gasteiger partial charge is 0.298 e. The molecule has 0 amide bonds. The van der Waals surface area contributed by atoms with E-state index in [1.54, 1.807) is 26.0 Å². The van der Waals surface area contributed by atoms with Crippen LogP contribution in [0.5, 0.6) is 0 Å². The predicted molar refractivity (Wildman–Crippen MR) is 87.9 cm³/mol. The normalized spacial score (nSPS) is 19.5. The number of hydrogen-bond donors (Lipinski definition) is 0. The molecule has 1 saturated heterocycles. The van der Waals surface area contributed by atoms with E-state index in [1.807, 2.05) is 0 Å². The van der Waals surface area contributed by atoms with E-state index < -0.39 is 16.1 Å². The number of rotatable bonds is 6. The fourth-order valence-electron chi connectivity index (χ4n) is 2.92.